The predicted molar refractivity (Wildman–Crippen MR) is 54.3 cm³/mol. The maximum absolute atomic E-state index is 8.42. The molecule has 14 heavy (non-hydrogen) atoms. The zero-order valence-electron chi connectivity index (χ0n) is 8.31. The summed E-state index contributed by atoms with van der Waals surface area (Å²) in [5.74, 6) is 0.973. The van der Waals surface area contributed by atoms with Gasteiger partial charge in [-0.15, -0.1) is 0 Å². The number of anilines is 1. The number of nitrogens with one attached hydrogen (secondary N) is 1. The molecule has 0 radical (unpaired) electrons. The van der Waals surface area contributed by atoms with Gasteiger partial charge in [-0.1, -0.05) is 12.1 Å². The van der Waals surface area contributed by atoms with E-state index in [0.717, 1.165) is 5.82 Å². The van der Waals surface area contributed by atoms with Crippen molar-refractivity contribution in [1.29, 1.82) is 0 Å². The first kappa shape index (κ1) is 10.4. The Labute approximate surface area is 82.4 Å². The molecule has 0 aliphatic heterocycles. The molecule has 0 aromatic carbocycles. The van der Waals surface area contributed by atoms with Gasteiger partial charge in [-0.3, -0.25) is 4.68 Å². The minimum Gasteiger partial charge on any atom is -0.409 e. The highest BCUT2D eigenvalue weighted by Gasteiger charge is 2.07. The summed E-state index contributed by atoms with van der Waals surface area (Å²) in [5, 5.41) is 18.6. The lowest BCUT2D eigenvalue weighted by molar-refractivity contribution is 0.315. The summed E-state index contributed by atoms with van der Waals surface area (Å²) in [6.45, 7) is 2.46. The van der Waals surface area contributed by atoms with E-state index < -0.39 is 0 Å². The normalized spacial score (nSPS) is 14.0. The summed E-state index contributed by atoms with van der Waals surface area (Å²) in [5.41, 5.74) is 5.42. The van der Waals surface area contributed by atoms with Gasteiger partial charge in [-0.2, -0.15) is 5.10 Å². The van der Waals surface area contributed by atoms with Crippen molar-refractivity contribution in [3.05, 3.63) is 12.3 Å². The van der Waals surface area contributed by atoms with Gasteiger partial charge in [-0.05, 0) is 0 Å². The lowest BCUT2D eigenvalue weighted by Gasteiger charge is -2.09. The number of rotatable bonds is 4. The lowest BCUT2D eigenvalue weighted by Crippen LogP contribution is -2.27. The van der Waals surface area contributed by atoms with Crippen LogP contribution in [0, 0.1) is 5.92 Å². The monoisotopic (exact) mass is 197 g/mol. The third-order valence-corrected chi connectivity index (χ3v) is 1.92. The maximum atomic E-state index is 8.42. The van der Waals surface area contributed by atoms with Gasteiger partial charge in [0.25, 0.3) is 0 Å². The Bertz CT molecular complexity index is 319. The molecule has 1 aromatic rings. The fourth-order valence-corrected chi connectivity index (χ4v) is 0.970. The Morgan fingerprint density at radius 1 is 1.86 bits per heavy atom. The lowest BCUT2D eigenvalue weighted by atomic mass is 10.1. The molecule has 0 saturated carbocycles. The van der Waals surface area contributed by atoms with E-state index in [1.165, 1.54) is 0 Å². The first-order valence-corrected chi connectivity index (χ1v) is 4.34. The van der Waals surface area contributed by atoms with Crippen LogP contribution in [-0.4, -0.2) is 27.4 Å². The van der Waals surface area contributed by atoms with E-state index in [0.29, 0.717) is 6.54 Å². The number of nitrogens with two attached hydrogens (primary N) is 1. The predicted octanol–water partition coefficient (Wildman–Crippen LogP) is 0.215. The van der Waals surface area contributed by atoms with E-state index in [1.54, 1.807) is 4.68 Å². The molecule has 0 aliphatic carbocycles. The number of oxime groups is 1. The molecule has 1 atom stereocenters. The molecule has 1 aromatic heterocycles. The van der Waals surface area contributed by atoms with Crippen LogP contribution in [-0.2, 0) is 7.05 Å². The van der Waals surface area contributed by atoms with Crippen molar-refractivity contribution in [2.75, 3.05) is 11.9 Å². The van der Waals surface area contributed by atoms with Gasteiger partial charge in [0, 0.05) is 31.8 Å². The van der Waals surface area contributed by atoms with Crippen LogP contribution in [0.15, 0.2) is 17.4 Å². The van der Waals surface area contributed by atoms with Crippen LogP contribution < -0.4 is 11.1 Å². The second-order valence-corrected chi connectivity index (χ2v) is 3.18. The smallest absolute Gasteiger partial charge is 0.147 e. The van der Waals surface area contributed by atoms with E-state index >= 15 is 0 Å². The minimum atomic E-state index is -0.0259. The summed E-state index contributed by atoms with van der Waals surface area (Å²) in [4.78, 5) is 0. The van der Waals surface area contributed by atoms with Crippen LogP contribution in [0.2, 0.25) is 0 Å². The second kappa shape index (κ2) is 4.50. The molecule has 1 heterocycles. The average molecular weight is 197 g/mol. The fourth-order valence-electron chi connectivity index (χ4n) is 0.970. The number of nitrogens with zero attached hydrogens (tertiary/aromatic N) is 3. The third kappa shape index (κ3) is 2.65. The number of hydrogen-bond acceptors (Lipinski definition) is 4. The molecule has 1 unspecified atom stereocenters. The van der Waals surface area contributed by atoms with Crippen molar-refractivity contribution in [3.8, 4) is 0 Å². The summed E-state index contributed by atoms with van der Waals surface area (Å²) >= 11 is 0. The van der Waals surface area contributed by atoms with Gasteiger partial charge in [0.2, 0.25) is 0 Å². The molecule has 1 rings (SSSR count). The van der Waals surface area contributed by atoms with Crippen LogP contribution in [0.4, 0.5) is 5.82 Å². The summed E-state index contributed by atoms with van der Waals surface area (Å²) < 4.78 is 1.70. The number of aryl methyl sites for hydroxylation is 1. The van der Waals surface area contributed by atoms with Gasteiger partial charge in [0.05, 0.1) is 0 Å². The van der Waals surface area contributed by atoms with Crippen LogP contribution >= 0.6 is 0 Å². The zero-order chi connectivity index (χ0) is 10.6. The van der Waals surface area contributed by atoms with Crippen molar-refractivity contribution in [2.24, 2.45) is 23.9 Å². The summed E-state index contributed by atoms with van der Waals surface area (Å²) in [7, 11) is 1.85. The molecular formula is C8H15N5O. The molecule has 4 N–H and O–H groups in total. The van der Waals surface area contributed by atoms with Crippen molar-refractivity contribution in [2.45, 2.75) is 6.92 Å². The summed E-state index contributed by atoms with van der Waals surface area (Å²) in [6, 6.07) is 1.86. The van der Waals surface area contributed by atoms with E-state index in [4.69, 9.17) is 10.9 Å². The molecule has 0 bridgehead atoms. The standard InChI is InChI=1S/C8H15N5O/c1-6(8(9)12-14)5-10-7-3-4-13(2)11-7/h3-4,6,14H,5H2,1-2H3,(H2,9,12)(H,10,11). The van der Waals surface area contributed by atoms with Crippen LogP contribution in [0.1, 0.15) is 6.92 Å². The molecule has 6 nitrogen and oxygen atoms in total. The number of aromatic nitrogens is 2. The molecular weight excluding hydrogens is 182 g/mol. The second-order valence-electron chi connectivity index (χ2n) is 3.18. The Morgan fingerprint density at radius 2 is 2.57 bits per heavy atom. The third-order valence-electron chi connectivity index (χ3n) is 1.92. The van der Waals surface area contributed by atoms with Gasteiger partial charge < -0.3 is 16.3 Å². The molecule has 78 valence electrons. The highest BCUT2D eigenvalue weighted by atomic mass is 16.4. The first-order chi connectivity index (χ1) is 6.63. The largest absolute Gasteiger partial charge is 0.409 e. The van der Waals surface area contributed by atoms with Crippen LogP contribution in [0.5, 0.6) is 0 Å². The molecule has 0 fully saturated rings. The van der Waals surface area contributed by atoms with E-state index in [-0.39, 0.29) is 11.8 Å². The topological polar surface area (TPSA) is 88.5 Å². The average Bonchev–Trinajstić information content (AvgIpc) is 2.59. The molecule has 6 heteroatoms. The van der Waals surface area contributed by atoms with Crippen molar-refractivity contribution in [3.63, 3.8) is 0 Å². The zero-order valence-corrected chi connectivity index (χ0v) is 8.31. The van der Waals surface area contributed by atoms with Crippen molar-refractivity contribution < 1.29 is 5.21 Å². The Kier molecular flexibility index (Phi) is 3.33. The van der Waals surface area contributed by atoms with E-state index in [1.807, 2.05) is 26.2 Å². The SMILES string of the molecule is CC(CNc1ccn(C)n1)C(N)=NO. The highest BCUT2D eigenvalue weighted by Crippen LogP contribution is 2.03. The molecule has 0 spiro atoms. The highest BCUT2D eigenvalue weighted by molar-refractivity contribution is 5.82. The quantitative estimate of drug-likeness (QED) is 0.279. The van der Waals surface area contributed by atoms with Gasteiger partial charge in [0.1, 0.15) is 11.7 Å². The number of amidine groups is 1. The number of hydrogen-bond donors (Lipinski definition) is 3. The van der Waals surface area contributed by atoms with Gasteiger partial charge in [0.15, 0.2) is 0 Å². The van der Waals surface area contributed by atoms with E-state index in [9.17, 15) is 0 Å². The maximum Gasteiger partial charge on any atom is 0.147 e. The molecule has 0 saturated heterocycles. The first-order valence-electron chi connectivity index (χ1n) is 4.34. The van der Waals surface area contributed by atoms with Crippen LogP contribution in [0.3, 0.4) is 0 Å². The van der Waals surface area contributed by atoms with Gasteiger partial charge in [-0.25, -0.2) is 0 Å². The van der Waals surface area contributed by atoms with Gasteiger partial charge >= 0.3 is 0 Å². The van der Waals surface area contributed by atoms with Crippen LogP contribution in [0.25, 0.3) is 0 Å². The summed E-state index contributed by atoms with van der Waals surface area (Å²) in [6.07, 6.45) is 1.84. The fraction of sp³-hybridized carbons (Fsp3) is 0.500. The Balaban J connectivity index is 2.41. The van der Waals surface area contributed by atoms with E-state index in [2.05, 4.69) is 15.6 Å². The Morgan fingerprint density at radius 3 is 3.07 bits per heavy atom. The van der Waals surface area contributed by atoms with Crippen molar-refractivity contribution >= 4 is 11.7 Å². The molecule has 0 amide bonds. The minimum absolute atomic E-state index is 0.0259. The van der Waals surface area contributed by atoms with Crippen molar-refractivity contribution in [1.82, 2.24) is 9.78 Å². The molecule has 0 aliphatic rings. The Hall–Kier alpha value is -1.72.